The van der Waals surface area contributed by atoms with E-state index in [0.29, 0.717) is 10.7 Å². The van der Waals surface area contributed by atoms with Gasteiger partial charge in [-0.05, 0) is 68.8 Å². The topological polar surface area (TPSA) is 57.6 Å². The molecule has 0 radical (unpaired) electrons. The zero-order valence-electron chi connectivity index (χ0n) is 21.1. The monoisotopic (exact) mass is 512 g/mol. The van der Waals surface area contributed by atoms with Gasteiger partial charge in [0.1, 0.15) is 12.6 Å². The van der Waals surface area contributed by atoms with Crippen molar-refractivity contribution in [2.45, 2.75) is 32.9 Å². The zero-order valence-corrected chi connectivity index (χ0v) is 21.8. The van der Waals surface area contributed by atoms with Crippen molar-refractivity contribution in [2.24, 2.45) is 0 Å². The molecule has 37 heavy (non-hydrogen) atoms. The molecule has 6 nitrogen and oxygen atoms in total. The van der Waals surface area contributed by atoms with Gasteiger partial charge in [0, 0.05) is 22.9 Å². The van der Waals surface area contributed by atoms with E-state index < -0.39 is 0 Å². The Balaban J connectivity index is 1.51. The summed E-state index contributed by atoms with van der Waals surface area (Å²) in [6.07, 6.45) is 2.02. The molecule has 0 aliphatic carbocycles. The molecule has 1 aliphatic heterocycles. The Kier molecular flexibility index (Phi) is 6.76. The normalized spacial score (nSPS) is 14.2. The quantitative estimate of drug-likeness (QED) is 0.319. The fourth-order valence-corrected chi connectivity index (χ4v) is 4.99. The second-order valence-electron chi connectivity index (χ2n) is 9.53. The molecule has 0 fully saturated rings. The molecule has 7 heteroatoms. The Hall–Kier alpha value is -4.03. The van der Waals surface area contributed by atoms with Crippen LogP contribution in [-0.2, 0) is 4.79 Å². The highest BCUT2D eigenvalue weighted by Gasteiger charge is 2.37. The Labute approximate surface area is 222 Å². The Morgan fingerprint density at radius 3 is 2.38 bits per heavy atom. The van der Waals surface area contributed by atoms with Crippen LogP contribution in [-0.4, -0.2) is 34.0 Å². The van der Waals surface area contributed by atoms with E-state index >= 15 is 0 Å². The van der Waals surface area contributed by atoms with Crippen LogP contribution in [0.3, 0.4) is 0 Å². The van der Waals surface area contributed by atoms with Crippen LogP contribution in [0.1, 0.15) is 36.7 Å². The van der Waals surface area contributed by atoms with Gasteiger partial charge in [-0.2, -0.15) is 0 Å². The number of para-hydroxylation sites is 2. The van der Waals surface area contributed by atoms with Crippen molar-refractivity contribution in [1.82, 2.24) is 9.47 Å². The lowest BCUT2D eigenvalue weighted by Gasteiger charge is -2.40. The van der Waals surface area contributed by atoms with E-state index in [1.165, 1.54) is 0 Å². The van der Waals surface area contributed by atoms with Gasteiger partial charge < -0.3 is 14.8 Å². The van der Waals surface area contributed by atoms with Crippen molar-refractivity contribution in [1.29, 1.82) is 0 Å². The van der Waals surface area contributed by atoms with Gasteiger partial charge in [-0.1, -0.05) is 59.6 Å². The van der Waals surface area contributed by atoms with Gasteiger partial charge in [-0.3, -0.25) is 9.69 Å². The fourth-order valence-electron chi connectivity index (χ4n) is 4.80. The predicted octanol–water partition coefficient (Wildman–Crippen LogP) is 6.82. The summed E-state index contributed by atoms with van der Waals surface area (Å²) in [6.45, 7) is 5.77. The van der Waals surface area contributed by atoms with E-state index in [1.807, 2.05) is 68.3 Å². The maximum Gasteiger partial charge on any atom is 0.322 e. The van der Waals surface area contributed by atoms with Gasteiger partial charge in [0.2, 0.25) is 5.91 Å². The van der Waals surface area contributed by atoms with Crippen LogP contribution in [0.25, 0.3) is 5.69 Å². The summed E-state index contributed by atoms with van der Waals surface area (Å²) >= 11 is 6.09. The highest BCUT2D eigenvalue weighted by molar-refractivity contribution is 6.30. The summed E-state index contributed by atoms with van der Waals surface area (Å²) in [7, 11) is 0. The number of amides is 3. The maximum atomic E-state index is 14.1. The van der Waals surface area contributed by atoms with Crippen LogP contribution in [0.2, 0.25) is 5.02 Å². The lowest BCUT2D eigenvalue weighted by Crippen LogP contribution is -2.49. The van der Waals surface area contributed by atoms with Gasteiger partial charge in [-0.15, -0.1) is 0 Å². The van der Waals surface area contributed by atoms with Gasteiger partial charge in [0.05, 0.1) is 17.1 Å². The molecule has 0 spiro atoms. The van der Waals surface area contributed by atoms with Crippen LogP contribution in [0.15, 0.2) is 91.1 Å². The van der Waals surface area contributed by atoms with Crippen LogP contribution < -0.4 is 10.2 Å². The summed E-state index contributed by atoms with van der Waals surface area (Å²) in [5.41, 5.74) is 5.47. The molecule has 1 N–H and O–H groups in total. The van der Waals surface area contributed by atoms with Gasteiger partial charge in [0.25, 0.3) is 0 Å². The van der Waals surface area contributed by atoms with E-state index in [1.54, 1.807) is 29.2 Å². The summed E-state index contributed by atoms with van der Waals surface area (Å²) in [5, 5.41) is 3.41. The van der Waals surface area contributed by atoms with E-state index in [-0.39, 0.29) is 30.6 Å². The number of benzene rings is 3. The predicted molar refractivity (Wildman–Crippen MR) is 149 cm³/mol. The number of aromatic nitrogens is 1. The number of carbonyl (C=O) groups is 2. The number of carbonyl (C=O) groups excluding carboxylic acids is 2. The van der Waals surface area contributed by atoms with Gasteiger partial charge >= 0.3 is 6.03 Å². The Bertz CT molecular complexity index is 1440. The third-order valence-electron chi connectivity index (χ3n) is 6.65. The molecule has 1 aromatic heterocycles. The number of fused-ring (bicyclic) bond motifs is 3. The fraction of sp³-hybridized carbons (Fsp3) is 0.200. The van der Waals surface area contributed by atoms with E-state index in [2.05, 4.69) is 34.1 Å². The Morgan fingerprint density at radius 1 is 0.946 bits per heavy atom. The molecule has 1 atom stereocenters. The van der Waals surface area contributed by atoms with Gasteiger partial charge in [0.15, 0.2) is 0 Å². The number of hydrogen-bond acceptors (Lipinski definition) is 2. The molecule has 188 valence electrons. The molecule has 1 unspecified atom stereocenters. The van der Waals surface area contributed by atoms with E-state index in [4.69, 9.17) is 11.6 Å². The third kappa shape index (κ3) is 4.85. The summed E-state index contributed by atoms with van der Waals surface area (Å²) in [6, 6.07) is 26.3. The molecule has 2 heterocycles. The van der Waals surface area contributed by atoms with Crippen LogP contribution >= 0.6 is 11.6 Å². The number of anilines is 2. The number of nitrogens with one attached hydrogen (secondary N) is 1. The molecule has 0 saturated heterocycles. The van der Waals surface area contributed by atoms with Crippen molar-refractivity contribution in [3.8, 4) is 5.69 Å². The largest absolute Gasteiger partial charge is 0.322 e. The molecule has 3 amide bonds. The van der Waals surface area contributed by atoms with Crippen molar-refractivity contribution >= 4 is 34.9 Å². The second kappa shape index (κ2) is 10.1. The lowest BCUT2D eigenvalue weighted by atomic mass is 9.97. The average Bonchev–Trinajstić information content (AvgIpc) is 3.37. The second-order valence-corrected chi connectivity index (χ2v) is 9.97. The molecule has 5 rings (SSSR count). The number of nitrogens with zero attached hydrogens (tertiary/aromatic N) is 3. The van der Waals surface area contributed by atoms with Gasteiger partial charge in [-0.25, -0.2) is 4.79 Å². The number of rotatable bonds is 5. The highest BCUT2D eigenvalue weighted by Crippen LogP contribution is 2.42. The highest BCUT2D eigenvalue weighted by atomic mass is 35.5. The Morgan fingerprint density at radius 2 is 1.68 bits per heavy atom. The molecule has 4 aromatic rings. The minimum Gasteiger partial charge on any atom is -0.316 e. The number of hydrogen-bond donors (Lipinski definition) is 1. The zero-order chi connectivity index (χ0) is 26.1. The van der Waals surface area contributed by atoms with Crippen LogP contribution in [0.5, 0.6) is 0 Å². The van der Waals surface area contributed by atoms with Crippen molar-refractivity contribution in [2.75, 3.05) is 16.8 Å². The first-order chi connectivity index (χ1) is 17.8. The summed E-state index contributed by atoms with van der Waals surface area (Å²) in [5.74, 6) is -0.166. The maximum absolute atomic E-state index is 14.1. The van der Waals surface area contributed by atoms with Crippen LogP contribution in [0.4, 0.5) is 16.2 Å². The number of aryl methyl sites for hydroxylation is 1. The molecule has 0 saturated carbocycles. The standard InChI is InChI=1S/C30H29ClN4O2/c1-20(2)34(30(37)32-24-9-6-8-23(31)18-24)19-28(36)35-26-11-5-4-10-25(26)33-17-7-12-27(33)29(35)22-15-13-21(3)14-16-22/h4-18,20,29H,19H2,1-3H3,(H,32,37). The molecule has 1 aliphatic rings. The summed E-state index contributed by atoms with van der Waals surface area (Å²) in [4.78, 5) is 30.8. The van der Waals surface area contributed by atoms with E-state index in [9.17, 15) is 9.59 Å². The van der Waals surface area contributed by atoms with Crippen molar-refractivity contribution in [3.63, 3.8) is 0 Å². The average molecular weight is 513 g/mol. The van der Waals surface area contributed by atoms with Crippen molar-refractivity contribution < 1.29 is 9.59 Å². The molecular weight excluding hydrogens is 484 g/mol. The minimum absolute atomic E-state index is 0.0819. The summed E-state index contributed by atoms with van der Waals surface area (Å²) < 4.78 is 2.13. The first-order valence-electron chi connectivity index (χ1n) is 12.3. The first kappa shape index (κ1) is 24.7. The number of urea groups is 1. The lowest BCUT2D eigenvalue weighted by molar-refractivity contribution is -0.119. The third-order valence-corrected chi connectivity index (χ3v) is 6.88. The smallest absolute Gasteiger partial charge is 0.316 e. The SMILES string of the molecule is Cc1ccc(C2c3cccn3-c3ccccc3N2C(=O)CN(C(=O)Nc2cccc(Cl)c2)C(C)C)cc1. The van der Waals surface area contributed by atoms with Crippen LogP contribution in [0, 0.1) is 6.92 Å². The van der Waals surface area contributed by atoms with E-state index in [0.717, 1.165) is 28.2 Å². The molecule has 3 aromatic carbocycles. The molecule has 0 bridgehead atoms. The first-order valence-corrected chi connectivity index (χ1v) is 12.7. The minimum atomic E-state index is -0.355. The van der Waals surface area contributed by atoms with Crippen molar-refractivity contribution in [3.05, 3.63) is 113 Å². The molecular formula is C30H29ClN4O2. The number of halogens is 1.